The van der Waals surface area contributed by atoms with Gasteiger partial charge in [-0.25, -0.2) is 0 Å². The highest BCUT2D eigenvalue weighted by Gasteiger charge is 2.06. The molecule has 0 aliphatic rings. The lowest BCUT2D eigenvalue weighted by molar-refractivity contribution is 0.474. The molecule has 0 heterocycles. The van der Waals surface area contributed by atoms with Crippen LogP contribution in [0.1, 0.15) is 5.56 Å². The highest BCUT2D eigenvalue weighted by atomic mass is 32.2. The summed E-state index contributed by atoms with van der Waals surface area (Å²) in [6.07, 6.45) is 3.07. The largest absolute Gasteiger partial charge is 0.508 e. The molecule has 1 aromatic rings. The number of nitrogens with one attached hydrogen (secondary N) is 1. The van der Waals surface area contributed by atoms with Gasteiger partial charge in [0.25, 0.3) is 0 Å². The Morgan fingerprint density at radius 1 is 1.50 bits per heavy atom. The second kappa shape index (κ2) is 5.94. The molecule has 0 amide bonds. The predicted octanol–water partition coefficient (Wildman–Crippen LogP) is 1.89. The number of hydrogen-bond donors (Lipinski definition) is 2. The van der Waals surface area contributed by atoms with E-state index >= 15 is 0 Å². The lowest BCUT2D eigenvalue weighted by Crippen LogP contribution is -2.29. The van der Waals surface area contributed by atoms with Crippen LogP contribution in [-0.2, 0) is 6.42 Å². The maximum atomic E-state index is 9.30. The predicted molar refractivity (Wildman–Crippen MR) is 63.0 cm³/mol. The van der Waals surface area contributed by atoms with Crippen molar-refractivity contribution >= 4 is 11.8 Å². The summed E-state index contributed by atoms with van der Waals surface area (Å²) in [7, 11) is 1.98. The van der Waals surface area contributed by atoms with Crippen molar-refractivity contribution in [3.8, 4) is 5.75 Å². The smallest absolute Gasteiger partial charge is 0.115 e. The summed E-state index contributed by atoms with van der Waals surface area (Å²) in [5.41, 5.74) is 1.18. The van der Waals surface area contributed by atoms with E-state index in [0.29, 0.717) is 11.8 Å². The molecule has 0 fully saturated rings. The van der Waals surface area contributed by atoms with Gasteiger partial charge in [-0.3, -0.25) is 0 Å². The standard InChI is InChI=1S/C11H17NOS/c1-12-10(8-14-2)6-9-4-3-5-11(13)7-9/h3-5,7,10,12-13H,6,8H2,1-2H3. The van der Waals surface area contributed by atoms with E-state index < -0.39 is 0 Å². The van der Waals surface area contributed by atoms with Gasteiger partial charge in [-0.15, -0.1) is 0 Å². The molecule has 3 heteroatoms. The van der Waals surface area contributed by atoms with E-state index in [4.69, 9.17) is 0 Å². The zero-order chi connectivity index (χ0) is 10.4. The fourth-order valence-corrected chi connectivity index (χ4v) is 2.10. The summed E-state index contributed by atoms with van der Waals surface area (Å²) >= 11 is 1.83. The van der Waals surface area contributed by atoms with Crippen LogP contribution in [0.2, 0.25) is 0 Å². The van der Waals surface area contributed by atoms with Crippen molar-refractivity contribution in [2.24, 2.45) is 0 Å². The van der Waals surface area contributed by atoms with Crippen LogP contribution in [0.25, 0.3) is 0 Å². The quantitative estimate of drug-likeness (QED) is 0.780. The first-order valence-corrected chi connectivity index (χ1v) is 6.09. The molecule has 0 aromatic heterocycles. The van der Waals surface area contributed by atoms with Crippen LogP contribution < -0.4 is 5.32 Å². The molecule has 0 saturated carbocycles. The number of rotatable bonds is 5. The number of phenols is 1. The second-order valence-electron chi connectivity index (χ2n) is 3.31. The van der Waals surface area contributed by atoms with Crippen molar-refractivity contribution in [2.45, 2.75) is 12.5 Å². The molecule has 0 aliphatic heterocycles. The van der Waals surface area contributed by atoms with Gasteiger partial charge in [-0.05, 0) is 37.4 Å². The summed E-state index contributed by atoms with van der Waals surface area (Å²) in [6.45, 7) is 0. The number of benzene rings is 1. The lowest BCUT2D eigenvalue weighted by Gasteiger charge is -2.14. The molecule has 0 saturated heterocycles. The Morgan fingerprint density at radius 3 is 2.86 bits per heavy atom. The highest BCUT2D eigenvalue weighted by Crippen LogP contribution is 2.13. The van der Waals surface area contributed by atoms with Crippen molar-refractivity contribution in [2.75, 3.05) is 19.1 Å². The minimum absolute atomic E-state index is 0.349. The average Bonchev–Trinajstić information content (AvgIpc) is 2.17. The number of phenolic OH excluding ortho intramolecular Hbond substituents is 1. The van der Waals surface area contributed by atoms with Gasteiger partial charge in [0.05, 0.1) is 0 Å². The SMILES string of the molecule is CNC(CSC)Cc1cccc(O)c1. The van der Waals surface area contributed by atoms with Gasteiger partial charge in [-0.2, -0.15) is 11.8 Å². The number of thioether (sulfide) groups is 1. The van der Waals surface area contributed by atoms with Crippen LogP contribution >= 0.6 is 11.8 Å². The Morgan fingerprint density at radius 2 is 2.29 bits per heavy atom. The van der Waals surface area contributed by atoms with E-state index in [-0.39, 0.29) is 0 Å². The molecule has 1 aromatic carbocycles. The van der Waals surface area contributed by atoms with Crippen LogP contribution in [-0.4, -0.2) is 30.2 Å². The zero-order valence-electron chi connectivity index (χ0n) is 8.66. The van der Waals surface area contributed by atoms with Crippen molar-refractivity contribution in [1.82, 2.24) is 5.32 Å². The summed E-state index contributed by atoms with van der Waals surface area (Å²) in [5.74, 6) is 1.44. The second-order valence-corrected chi connectivity index (χ2v) is 4.23. The average molecular weight is 211 g/mol. The third-order valence-corrected chi connectivity index (χ3v) is 2.90. The lowest BCUT2D eigenvalue weighted by atomic mass is 10.1. The van der Waals surface area contributed by atoms with E-state index in [0.717, 1.165) is 12.2 Å². The van der Waals surface area contributed by atoms with Gasteiger partial charge >= 0.3 is 0 Å². The topological polar surface area (TPSA) is 32.3 Å². The van der Waals surface area contributed by atoms with Gasteiger partial charge < -0.3 is 10.4 Å². The maximum absolute atomic E-state index is 9.30. The normalized spacial score (nSPS) is 12.7. The third-order valence-electron chi connectivity index (χ3n) is 2.17. The van der Waals surface area contributed by atoms with Crippen LogP contribution in [0, 0.1) is 0 Å². The van der Waals surface area contributed by atoms with E-state index in [1.165, 1.54) is 5.56 Å². The van der Waals surface area contributed by atoms with Gasteiger partial charge in [0, 0.05) is 11.8 Å². The van der Waals surface area contributed by atoms with E-state index in [1.54, 1.807) is 6.07 Å². The van der Waals surface area contributed by atoms with E-state index in [1.807, 2.05) is 37.0 Å². The van der Waals surface area contributed by atoms with Gasteiger partial charge in [0.1, 0.15) is 5.75 Å². The minimum atomic E-state index is 0.349. The van der Waals surface area contributed by atoms with Crippen LogP contribution in [0.15, 0.2) is 24.3 Å². The first-order chi connectivity index (χ1) is 6.76. The Labute approximate surface area is 89.7 Å². The fourth-order valence-electron chi connectivity index (χ4n) is 1.41. The van der Waals surface area contributed by atoms with Crippen LogP contribution in [0.3, 0.4) is 0 Å². The molecule has 2 nitrogen and oxygen atoms in total. The summed E-state index contributed by atoms with van der Waals surface area (Å²) in [4.78, 5) is 0. The van der Waals surface area contributed by atoms with E-state index in [9.17, 15) is 5.11 Å². The summed E-state index contributed by atoms with van der Waals surface area (Å²) in [6, 6.07) is 7.93. The molecular weight excluding hydrogens is 194 g/mol. The minimum Gasteiger partial charge on any atom is -0.508 e. The number of aromatic hydroxyl groups is 1. The molecule has 0 aliphatic carbocycles. The van der Waals surface area contributed by atoms with Crippen LogP contribution in [0.5, 0.6) is 5.75 Å². The Hall–Kier alpha value is -0.670. The Kier molecular flexibility index (Phi) is 4.84. The molecule has 0 radical (unpaired) electrons. The third kappa shape index (κ3) is 3.60. The number of likely N-dealkylation sites (N-methyl/N-ethyl adjacent to an activating group) is 1. The first kappa shape index (κ1) is 11.4. The molecule has 2 N–H and O–H groups in total. The first-order valence-electron chi connectivity index (χ1n) is 4.70. The Balaban J connectivity index is 2.57. The summed E-state index contributed by atoms with van der Waals surface area (Å²) < 4.78 is 0. The molecule has 1 atom stereocenters. The molecule has 14 heavy (non-hydrogen) atoms. The van der Waals surface area contributed by atoms with Crippen molar-refractivity contribution in [3.63, 3.8) is 0 Å². The maximum Gasteiger partial charge on any atom is 0.115 e. The molecule has 78 valence electrons. The van der Waals surface area contributed by atoms with E-state index in [2.05, 4.69) is 11.6 Å². The number of hydrogen-bond acceptors (Lipinski definition) is 3. The van der Waals surface area contributed by atoms with Crippen molar-refractivity contribution in [1.29, 1.82) is 0 Å². The van der Waals surface area contributed by atoms with Gasteiger partial charge in [0.2, 0.25) is 0 Å². The highest BCUT2D eigenvalue weighted by molar-refractivity contribution is 7.98. The van der Waals surface area contributed by atoms with Gasteiger partial charge in [-0.1, -0.05) is 12.1 Å². The zero-order valence-corrected chi connectivity index (χ0v) is 9.47. The Bertz CT molecular complexity index is 278. The van der Waals surface area contributed by atoms with Gasteiger partial charge in [0.15, 0.2) is 0 Å². The molecule has 0 spiro atoms. The van der Waals surface area contributed by atoms with Crippen molar-refractivity contribution < 1.29 is 5.11 Å². The molecule has 1 rings (SSSR count). The molecule has 1 unspecified atom stereocenters. The fraction of sp³-hybridized carbons (Fsp3) is 0.455. The van der Waals surface area contributed by atoms with Crippen LogP contribution in [0.4, 0.5) is 0 Å². The molecular formula is C11H17NOS. The summed E-state index contributed by atoms with van der Waals surface area (Å²) in [5, 5.41) is 12.6. The molecule has 0 bridgehead atoms. The van der Waals surface area contributed by atoms with Crippen molar-refractivity contribution in [3.05, 3.63) is 29.8 Å². The monoisotopic (exact) mass is 211 g/mol.